The zero-order valence-corrected chi connectivity index (χ0v) is 9.39. The van der Waals surface area contributed by atoms with Gasteiger partial charge in [-0.05, 0) is 37.1 Å². The highest BCUT2D eigenvalue weighted by Crippen LogP contribution is 2.30. The second-order valence-corrected chi connectivity index (χ2v) is 4.57. The van der Waals surface area contributed by atoms with E-state index in [1.165, 1.54) is 0 Å². The van der Waals surface area contributed by atoms with E-state index in [1.807, 2.05) is 29.0 Å². The summed E-state index contributed by atoms with van der Waals surface area (Å²) in [6.45, 7) is 0.458. The summed E-state index contributed by atoms with van der Waals surface area (Å²) in [5, 5.41) is 9.84. The van der Waals surface area contributed by atoms with E-state index in [4.69, 9.17) is 5.26 Å². The Bertz CT molecular complexity index is 629. The molecule has 0 spiro atoms. The van der Waals surface area contributed by atoms with E-state index in [-0.39, 0.29) is 0 Å². The molecule has 1 aliphatic carbocycles. The summed E-state index contributed by atoms with van der Waals surface area (Å²) in [7, 11) is 0. The third-order valence-electron chi connectivity index (χ3n) is 3.26. The Balaban J connectivity index is 1.95. The molecule has 1 saturated carbocycles. The minimum atomic E-state index is 0.297. The second-order valence-electron chi connectivity index (χ2n) is 4.57. The smallest absolute Gasteiger partial charge is 0.155 e. The average Bonchev–Trinajstić information content (AvgIpc) is 3.13. The van der Waals surface area contributed by atoms with Crippen LogP contribution in [0.1, 0.15) is 18.4 Å². The number of aromatic nitrogens is 1. The van der Waals surface area contributed by atoms with E-state index < -0.39 is 0 Å². The summed E-state index contributed by atoms with van der Waals surface area (Å²) in [4.78, 5) is 11.8. The third-order valence-corrected chi connectivity index (χ3v) is 3.26. The molecule has 0 unspecified atom stereocenters. The number of benzene rings is 1. The van der Waals surface area contributed by atoms with Crippen LogP contribution in [0.5, 0.6) is 0 Å². The topological polar surface area (TPSA) is 45.8 Å². The Morgan fingerprint density at radius 3 is 2.94 bits per heavy atom. The number of hydrogen-bond donors (Lipinski definition) is 0. The SMILES string of the molecule is N#Cc1ccc2c(ccn2CC(=O)C2CC2)c1. The van der Waals surface area contributed by atoms with Gasteiger partial charge in [-0.25, -0.2) is 0 Å². The fourth-order valence-corrected chi connectivity index (χ4v) is 2.11. The highest BCUT2D eigenvalue weighted by molar-refractivity contribution is 5.87. The minimum absolute atomic E-state index is 0.297. The molecule has 0 amide bonds. The predicted octanol–water partition coefficient (Wildman–Crippen LogP) is 2.49. The van der Waals surface area contributed by atoms with E-state index in [2.05, 4.69) is 6.07 Å². The van der Waals surface area contributed by atoms with Crippen molar-refractivity contribution >= 4 is 16.7 Å². The number of nitriles is 1. The zero-order chi connectivity index (χ0) is 11.8. The van der Waals surface area contributed by atoms with E-state index in [9.17, 15) is 4.79 Å². The lowest BCUT2D eigenvalue weighted by molar-refractivity contribution is -0.120. The molecule has 1 aliphatic rings. The van der Waals surface area contributed by atoms with Gasteiger partial charge in [0.2, 0.25) is 0 Å². The van der Waals surface area contributed by atoms with Crippen LogP contribution in [0.25, 0.3) is 10.9 Å². The Morgan fingerprint density at radius 2 is 2.24 bits per heavy atom. The lowest BCUT2D eigenvalue weighted by Crippen LogP contribution is -2.10. The summed E-state index contributed by atoms with van der Waals surface area (Å²) >= 11 is 0. The summed E-state index contributed by atoms with van der Waals surface area (Å²) in [6.07, 6.45) is 4.03. The van der Waals surface area contributed by atoms with Gasteiger partial charge in [-0.2, -0.15) is 5.26 Å². The molecule has 0 N–H and O–H groups in total. The number of ketones is 1. The summed E-state index contributed by atoms with van der Waals surface area (Å²) < 4.78 is 1.97. The van der Waals surface area contributed by atoms with E-state index in [0.717, 1.165) is 23.7 Å². The Morgan fingerprint density at radius 1 is 1.41 bits per heavy atom. The molecule has 1 aromatic heterocycles. The summed E-state index contributed by atoms with van der Waals surface area (Å²) in [5.41, 5.74) is 1.68. The van der Waals surface area contributed by atoms with Gasteiger partial charge in [-0.1, -0.05) is 0 Å². The molecule has 1 heterocycles. The van der Waals surface area contributed by atoms with E-state index >= 15 is 0 Å². The molecule has 84 valence electrons. The van der Waals surface area contributed by atoms with Gasteiger partial charge >= 0.3 is 0 Å². The molecule has 0 bridgehead atoms. The number of hydrogen-bond acceptors (Lipinski definition) is 2. The maximum atomic E-state index is 11.8. The summed E-state index contributed by atoms with van der Waals surface area (Å²) in [6, 6.07) is 9.63. The third kappa shape index (κ3) is 1.83. The first kappa shape index (κ1) is 10.1. The quantitative estimate of drug-likeness (QED) is 0.804. The van der Waals surface area contributed by atoms with E-state index in [1.54, 1.807) is 6.07 Å². The molecule has 3 rings (SSSR count). The van der Waals surface area contributed by atoms with Crippen molar-refractivity contribution in [1.82, 2.24) is 4.57 Å². The highest BCUT2D eigenvalue weighted by Gasteiger charge is 2.29. The van der Waals surface area contributed by atoms with Crippen LogP contribution in [0.3, 0.4) is 0 Å². The first-order valence-electron chi connectivity index (χ1n) is 5.79. The molecular weight excluding hydrogens is 212 g/mol. The van der Waals surface area contributed by atoms with Crippen LogP contribution < -0.4 is 0 Å². The maximum Gasteiger partial charge on any atom is 0.155 e. The van der Waals surface area contributed by atoms with Gasteiger partial charge in [0, 0.05) is 23.0 Å². The van der Waals surface area contributed by atoms with Crippen LogP contribution in [-0.2, 0) is 11.3 Å². The first-order valence-corrected chi connectivity index (χ1v) is 5.79. The van der Waals surface area contributed by atoms with Gasteiger partial charge in [0.15, 0.2) is 5.78 Å². The summed E-state index contributed by atoms with van der Waals surface area (Å²) in [5.74, 6) is 0.623. The number of rotatable bonds is 3. The fraction of sp³-hybridized carbons (Fsp3) is 0.286. The minimum Gasteiger partial charge on any atom is -0.340 e. The number of Topliss-reactive ketones (excluding diaryl/α,β-unsaturated/α-hetero) is 1. The van der Waals surface area contributed by atoms with Gasteiger partial charge in [0.25, 0.3) is 0 Å². The average molecular weight is 224 g/mol. The van der Waals surface area contributed by atoms with Crippen LogP contribution in [-0.4, -0.2) is 10.4 Å². The molecule has 0 radical (unpaired) electrons. The van der Waals surface area contributed by atoms with Gasteiger partial charge in [-0.3, -0.25) is 4.79 Å². The van der Waals surface area contributed by atoms with Crippen molar-refractivity contribution in [3.63, 3.8) is 0 Å². The Kier molecular flexibility index (Phi) is 2.22. The van der Waals surface area contributed by atoms with Crippen LogP contribution >= 0.6 is 0 Å². The van der Waals surface area contributed by atoms with Crippen molar-refractivity contribution in [3.05, 3.63) is 36.0 Å². The zero-order valence-electron chi connectivity index (χ0n) is 9.39. The lowest BCUT2D eigenvalue weighted by Gasteiger charge is -2.03. The Hall–Kier alpha value is -2.08. The van der Waals surface area contributed by atoms with Crippen molar-refractivity contribution in [3.8, 4) is 6.07 Å². The molecule has 17 heavy (non-hydrogen) atoms. The second kappa shape index (κ2) is 3.74. The van der Waals surface area contributed by atoms with Crippen molar-refractivity contribution in [2.24, 2.45) is 5.92 Å². The van der Waals surface area contributed by atoms with Crippen LogP contribution in [0.2, 0.25) is 0 Å². The predicted molar refractivity (Wildman–Crippen MR) is 64.4 cm³/mol. The monoisotopic (exact) mass is 224 g/mol. The normalized spacial score (nSPS) is 14.8. The van der Waals surface area contributed by atoms with Crippen LogP contribution in [0.4, 0.5) is 0 Å². The van der Waals surface area contributed by atoms with Crippen molar-refractivity contribution in [2.75, 3.05) is 0 Å². The molecule has 2 aromatic rings. The van der Waals surface area contributed by atoms with Crippen molar-refractivity contribution < 1.29 is 4.79 Å². The maximum absolute atomic E-state index is 11.8. The molecule has 0 atom stereocenters. The number of fused-ring (bicyclic) bond motifs is 1. The van der Waals surface area contributed by atoms with Crippen LogP contribution in [0, 0.1) is 17.2 Å². The highest BCUT2D eigenvalue weighted by atomic mass is 16.1. The van der Waals surface area contributed by atoms with Crippen LogP contribution in [0.15, 0.2) is 30.5 Å². The first-order chi connectivity index (χ1) is 8.28. The Labute approximate surface area is 99.3 Å². The number of nitrogens with zero attached hydrogens (tertiary/aromatic N) is 2. The standard InChI is InChI=1S/C14H12N2O/c15-8-10-1-4-13-12(7-10)5-6-16(13)9-14(17)11-2-3-11/h1,4-7,11H,2-3,9H2. The molecular formula is C14H12N2O. The van der Waals surface area contributed by atoms with Crippen molar-refractivity contribution in [2.45, 2.75) is 19.4 Å². The largest absolute Gasteiger partial charge is 0.340 e. The molecule has 0 saturated heterocycles. The molecule has 3 heteroatoms. The molecule has 1 aromatic carbocycles. The molecule has 1 fully saturated rings. The number of carbonyl (C=O) groups is 1. The molecule has 3 nitrogen and oxygen atoms in total. The van der Waals surface area contributed by atoms with E-state index in [0.29, 0.717) is 23.8 Å². The van der Waals surface area contributed by atoms with Gasteiger partial charge in [-0.15, -0.1) is 0 Å². The fourth-order valence-electron chi connectivity index (χ4n) is 2.11. The number of carbonyl (C=O) groups excluding carboxylic acids is 1. The molecule has 0 aliphatic heterocycles. The van der Waals surface area contributed by atoms with Gasteiger partial charge < -0.3 is 4.57 Å². The van der Waals surface area contributed by atoms with Gasteiger partial charge in [0.1, 0.15) is 0 Å². The van der Waals surface area contributed by atoms with Crippen molar-refractivity contribution in [1.29, 1.82) is 5.26 Å². The van der Waals surface area contributed by atoms with Gasteiger partial charge in [0.05, 0.1) is 18.2 Å². The lowest BCUT2D eigenvalue weighted by atomic mass is 10.2.